The fourth-order valence-corrected chi connectivity index (χ4v) is 4.16. The van der Waals surface area contributed by atoms with Crippen LogP contribution in [-0.4, -0.2) is 52.6 Å². The van der Waals surface area contributed by atoms with Crippen LogP contribution in [0.5, 0.6) is 0 Å². The molecule has 0 aliphatic carbocycles. The molecule has 0 saturated carbocycles. The number of carboxylic acid groups (broad SMARTS) is 1. The molecule has 0 spiro atoms. The van der Waals surface area contributed by atoms with Gasteiger partial charge in [-0.1, -0.05) is 12.1 Å². The predicted octanol–water partition coefficient (Wildman–Crippen LogP) is -3.62. The standard InChI is InChI=1S/C17H22N4O3.Li/c22-16(23)12-2-1-3-13-15(12)21(17(24)19-13)9-6-18-14-10-20-7-4-11(14)5-8-20;/h1-3,11,14,18H,4-10H2,(H,19,24)(H,22,23);/q;+1/p-1/t14-;/m0./s1. The van der Waals surface area contributed by atoms with Crippen LogP contribution in [-0.2, 0) is 6.54 Å². The summed E-state index contributed by atoms with van der Waals surface area (Å²) >= 11 is 0. The smallest absolute Gasteiger partial charge is 0.545 e. The number of benzene rings is 1. The summed E-state index contributed by atoms with van der Waals surface area (Å²) < 4.78 is 1.49. The van der Waals surface area contributed by atoms with Gasteiger partial charge in [0.15, 0.2) is 0 Å². The average molecular weight is 336 g/mol. The molecule has 3 aliphatic heterocycles. The molecule has 0 radical (unpaired) electrons. The van der Waals surface area contributed by atoms with E-state index in [1.165, 1.54) is 36.6 Å². The van der Waals surface area contributed by atoms with Crippen LogP contribution in [0, 0.1) is 5.92 Å². The Kier molecular flexibility index (Phi) is 5.40. The van der Waals surface area contributed by atoms with Gasteiger partial charge in [-0.3, -0.25) is 4.57 Å². The van der Waals surface area contributed by atoms with Crippen molar-refractivity contribution in [3.05, 3.63) is 34.2 Å². The molecule has 7 nitrogen and oxygen atoms in total. The van der Waals surface area contributed by atoms with Crippen LogP contribution in [0.3, 0.4) is 0 Å². The maximum Gasteiger partial charge on any atom is 1.00 e. The minimum atomic E-state index is -1.27. The molecule has 2 aromatic rings. The first-order chi connectivity index (χ1) is 11.6. The van der Waals surface area contributed by atoms with E-state index >= 15 is 0 Å². The summed E-state index contributed by atoms with van der Waals surface area (Å²) in [5.74, 6) is -0.549. The van der Waals surface area contributed by atoms with E-state index in [4.69, 9.17) is 0 Å². The van der Waals surface area contributed by atoms with Gasteiger partial charge < -0.3 is 25.1 Å². The zero-order chi connectivity index (χ0) is 16.7. The van der Waals surface area contributed by atoms with E-state index in [1.54, 1.807) is 12.1 Å². The fraction of sp³-hybridized carbons (Fsp3) is 0.529. The first-order valence-electron chi connectivity index (χ1n) is 8.52. The molecular formula is C17H21LiN4O3. The third-order valence-electron chi connectivity index (χ3n) is 5.41. The van der Waals surface area contributed by atoms with Gasteiger partial charge in [0, 0.05) is 31.2 Å². The molecule has 1 aromatic heterocycles. The molecule has 4 heterocycles. The number of imidazole rings is 1. The number of aromatic amines is 1. The molecule has 5 rings (SSSR count). The second kappa shape index (κ2) is 7.38. The molecule has 3 fully saturated rings. The number of aromatic nitrogens is 2. The van der Waals surface area contributed by atoms with Crippen molar-refractivity contribution in [2.45, 2.75) is 25.4 Å². The van der Waals surface area contributed by atoms with Crippen molar-refractivity contribution < 1.29 is 28.8 Å². The molecule has 0 amide bonds. The molecule has 1 atom stereocenters. The van der Waals surface area contributed by atoms with Gasteiger partial charge in [0.25, 0.3) is 0 Å². The maximum atomic E-state index is 12.2. The van der Waals surface area contributed by atoms with Crippen molar-refractivity contribution >= 4 is 17.0 Å². The van der Waals surface area contributed by atoms with Crippen LogP contribution in [0.2, 0.25) is 0 Å². The van der Waals surface area contributed by atoms with Crippen LogP contribution in [0.1, 0.15) is 23.2 Å². The van der Waals surface area contributed by atoms with E-state index in [9.17, 15) is 14.7 Å². The number of hydrogen-bond donors (Lipinski definition) is 2. The largest absolute Gasteiger partial charge is 1.00 e. The number of fused-ring (bicyclic) bond motifs is 4. The number of hydrogen-bond acceptors (Lipinski definition) is 5. The Morgan fingerprint density at radius 1 is 1.32 bits per heavy atom. The topological polar surface area (TPSA) is 93.2 Å². The first kappa shape index (κ1) is 18.3. The van der Waals surface area contributed by atoms with Crippen molar-refractivity contribution in [2.24, 2.45) is 5.92 Å². The molecular weight excluding hydrogens is 315 g/mol. The van der Waals surface area contributed by atoms with Gasteiger partial charge >= 0.3 is 24.6 Å². The van der Waals surface area contributed by atoms with Crippen molar-refractivity contribution in [3.8, 4) is 0 Å². The summed E-state index contributed by atoms with van der Waals surface area (Å²) in [4.78, 5) is 28.7. The molecule has 3 saturated heterocycles. The monoisotopic (exact) mass is 336 g/mol. The van der Waals surface area contributed by atoms with Crippen LogP contribution in [0.25, 0.3) is 11.0 Å². The third-order valence-corrected chi connectivity index (χ3v) is 5.41. The van der Waals surface area contributed by atoms with E-state index in [0.717, 1.165) is 6.54 Å². The molecule has 2 N–H and O–H groups in total. The summed E-state index contributed by atoms with van der Waals surface area (Å²) in [6.07, 6.45) is 2.47. The number of carbonyl (C=O) groups excluding carboxylic acids is 1. The van der Waals surface area contributed by atoms with Gasteiger partial charge in [-0.25, -0.2) is 4.79 Å². The first-order valence-corrected chi connectivity index (χ1v) is 8.52. The number of para-hydroxylation sites is 1. The summed E-state index contributed by atoms with van der Waals surface area (Å²) in [7, 11) is 0. The van der Waals surface area contributed by atoms with Crippen LogP contribution in [0.4, 0.5) is 0 Å². The second-order valence-electron chi connectivity index (χ2n) is 6.77. The summed E-state index contributed by atoms with van der Waals surface area (Å²) in [6, 6.07) is 5.26. The number of rotatable bonds is 5. The van der Waals surface area contributed by atoms with Gasteiger partial charge in [-0.2, -0.15) is 0 Å². The predicted molar refractivity (Wildman–Crippen MR) is 87.8 cm³/mol. The Labute approximate surface area is 157 Å². The summed E-state index contributed by atoms with van der Waals surface area (Å²) in [5, 5.41) is 14.9. The van der Waals surface area contributed by atoms with E-state index in [2.05, 4.69) is 15.2 Å². The molecule has 3 aliphatic rings. The van der Waals surface area contributed by atoms with Crippen molar-refractivity contribution in [1.29, 1.82) is 0 Å². The number of aromatic carboxylic acids is 1. The van der Waals surface area contributed by atoms with Crippen LogP contribution < -0.4 is 35.0 Å². The van der Waals surface area contributed by atoms with Crippen LogP contribution in [0.15, 0.2) is 23.0 Å². The Morgan fingerprint density at radius 3 is 2.72 bits per heavy atom. The summed E-state index contributed by atoms with van der Waals surface area (Å²) in [6.45, 7) is 4.53. The normalized spacial score (nSPS) is 25.0. The number of carbonyl (C=O) groups is 1. The zero-order valence-electron chi connectivity index (χ0n) is 14.5. The quantitative estimate of drug-likeness (QED) is 0.550. The van der Waals surface area contributed by atoms with Gasteiger partial charge in [-0.15, -0.1) is 0 Å². The third kappa shape index (κ3) is 3.42. The Bertz CT molecular complexity index is 823. The number of piperidine rings is 3. The van der Waals surface area contributed by atoms with Gasteiger partial charge in [0.2, 0.25) is 0 Å². The fourth-order valence-electron chi connectivity index (χ4n) is 4.16. The molecule has 25 heavy (non-hydrogen) atoms. The Morgan fingerprint density at radius 2 is 2.08 bits per heavy atom. The van der Waals surface area contributed by atoms with E-state index < -0.39 is 5.97 Å². The number of H-pyrrole nitrogens is 1. The number of carboxylic acids is 1. The Hall–Kier alpha value is -1.52. The SMILES string of the molecule is O=C([O-])c1cccc2[nH]c(=O)n(CCN[C@H]3CN4CCC3CC4)c12.[Li+]. The van der Waals surface area contributed by atoms with Crippen molar-refractivity contribution in [3.63, 3.8) is 0 Å². The number of nitrogens with zero attached hydrogens (tertiary/aromatic N) is 2. The average Bonchev–Trinajstić information content (AvgIpc) is 2.91. The molecule has 1 aromatic carbocycles. The minimum absolute atomic E-state index is 0. The van der Waals surface area contributed by atoms with Crippen LogP contribution >= 0.6 is 0 Å². The second-order valence-corrected chi connectivity index (χ2v) is 6.77. The van der Waals surface area contributed by atoms with Gasteiger partial charge in [0.1, 0.15) is 0 Å². The molecule has 0 unspecified atom stereocenters. The molecule has 8 heteroatoms. The minimum Gasteiger partial charge on any atom is -0.545 e. The van der Waals surface area contributed by atoms with Crippen molar-refractivity contribution in [2.75, 3.05) is 26.2 Å². The summed E-state index contributed by atoms with van der Waals surface area (Å²) in [5.41, 5.74) is 0.714. The number of nitrogens with one attached hydrogen (secondary N) is 2. The maximum absolute atomic E-state index is 12.2. The van der Waals surface area contributed by atoms with Gasteiger partial charge in [-0.05, 0) is 37.9 Å². The molecule has 128 valence electrons. The zero-order valence-corrected chi connectivity index (χ0v) is 14.5. The Balaban J connectivity index is 0.00000182. The van der Waals surface area contributed by atoms with E-state index in [-0.39, 0.29) is 30.1 Å². The van der Waals surface area contributed by atoms with E-state index in [0.29, 0.717) is 36.1 Å². The van der Waals surface area contributed by atoms with Crippen molar-refractivity contribution in [1.82, 2.24) is 19.8 Å². The van der Waals surface area contributed by atoms with Gasteiger partial charge in [0.05, 0.1) is 17.0 Å². The molecule has 2 bridgehead atoms. The van der Waals surface area contributed by atoms with E-state index in [1.807, 2.05) is 0 Å².